The number of ether oxygens (including phenoxy) is 1. The molecule has 1 atom stereocenters. The number of alkyl carbamates (subject to hydrolysis) is 1. The average Bonchev–Trinajstić information content (AvgIpc) is 2.12. The third-order valence-electron chi connectivity index (χ3n) is 1.87. The second-order valence-electron chi connectivity index (χ2n) is 5.03. The first-order valence-corrected chi connectivity index (χ1v) is 5.45. The molecule has 7 nitrogen and oxygen atoms in total. The van der Waals surface area contributed by atoms with E-state index >= 15 is 0 Å². The van der Waals surface area contributed by atoms with Crippen LogP contribution in [0, 0.1) is 0 Å². The fourth-order valence-corrected chi connectivity index (χ4v) is 1.01. The number of amides is 2. The van der Waals surface area contributed by atoms with Gasteiger partial charge in [0.2, 0.25) is 5.91 Å². The van der Waals surface area contributed by atoms with E-state index in [0.717, 1.165) is 0 Å². The zero-order valence-electron chi connectivity index (χ0n) is 11.3. The molecule has 0 bridgehead atoms. The summed E-state index contributed by atoms with van der Waals surface area (Å²) in [5, 5.41) is 11.1. The Morgan fingerprint density at radius 1 is 1.28 bits per heavy atom. The van der Waals surface area contributed by atoms with Gasteiger partial charge in [-0.3, -0.25) is 4.79 Å². The van der Waals surface area contributed by atoms with Gasteiger partial charge >= 0.3 is 12.1 Å². The van der Waals surface area contributed by atoms with E-state index in [9.17, 15) is 14.4 Å². The van der Waals surface area contributed by atoms with Gasteiger partial charge in [-0.25, -0.2) is 9.59 Å². The van der Waals surface area contributed by atoms with Crippen LogP contribution in [0.3, 0.4) is 0 Å². The van der Waals surface area contributed by atoms with Crippen LogP contribution in [0.15, 0.2) is 0 Å². The fourth-order valence-electron chi connectivity index (χ4n) is 1.01. The van der Waals surface area contributed by atoms with Crippen molar-refractivity contribution in [1.82, 2.24) is 10.2 Å². The number of aliphatic carboxylic acids is 1. The highest BCUT2D eigenvalue weighted by Crippen LogP contribution is 2.07. The molecule has 0 saturated heterocycles. The molecule has 0 aliphatic heterocycles. The Morgan fingerprint density at radius 3 is 2.11 bits per heavy atom. The SMILES string of the molecule is CN(C)C(=O)C[C@H](NC(=O)OC(C)(C)C)C(=O)O. The van der Waals surface area contributed by atoms with Crippen LogP contribution in [0.2, 0.25) is 0 Å². The van der Waals surface area contributed by atoms with Gasteiger partial charge in [-0.2, -0.15) is 0 Å². The molecule has 7 heteroatoms. The van der Waals surface area contributed by atoms with Crippen LogP contribution in [-0.4, -0.2) is 53.7 Å². The number of carbonyl (C=O) groups excluding carboxylic acids is 2. The van der Waals surface area contributed by atoms with Crippen molar-refractivity contribution in [1.29, 1.82) is 0 Å². The number of nitrogens with one attached hydrogen (secondary N) is 1. The molecule has 0 aromatic rings. The first-order chi connectivity index (χ1) is 8.03. The molecule has 0 radical (unpaired) electrons. The molecule has 0 aromatic heterocycles. The van der Waals surface area contributed by atoms with Crippen molar-refractivity contribution in [2.75, 3.05) is 14.1 Å². The molecule has 0 saturated carbocycles. The first kappa shape index (κ1) is 16.2. The number of carboxylic acid groups (broad SMARTS) is 1. The standard InChI is InChI=1S/C11H20N2O5/c1-11(2,3)18-10(17)12-7(9(15)16)6-8(14)13(4)5/h7H,6H2,1-5H3,(H,12,17)(H,15,16)/t7-/m0/s1. The lowest BCUT2D eigenvalue weighted by Crippen LogP contribution is -2.45. The van der Waals surface area contributed by atoms with Crippen LogP contribution in [0.5, 0.6) is 0 Å². The van der Waals surface area contributed by atoms with E-state index < -0.39 is 29.6 Å². The smallest absolute Gasteiger partial charge is 0.408 e. The van der Waals surface area contributed by atoms with Gasteiger partial charge < -0.3 is 20.1 Å². The Hall–Kier alpha value is -1.79. The fraction of sp³-hybridized carbons (Fsp3) is 0.727. The van der Waals surface area contributed by atoms with Gasteiger partial charge in [0.15, 0.2) is 0 Å². The molecule has 0 heterocycles. The largest absolute Gasteiger partial charge is 0.480 e. The van der Waals surface area contributed by atoms with E-state index in [1.807, 2.05) is 0 Å². The second-order valence-corrected chi connectivity index (χ2v) is 5.03. The first-order valence-electron chi connectivity index (χ1n) is 5.45. The Bertz CT molecular complexity index is 333. The summed E-state index contributed by atoms with van der Waals surface area (Å²) >= 11 is 0. The predicted octanol–water partition coefficient (Wildman–Crippen LogP) is 0.443. The van der Waals surface area contributed by atoms with Crippen molar-refractivity contribution in [2.45, 2.75) is 38.8 Å². The zero-order chi connectivity index (χ0) is 14.5. The van der Waals surface area contributed by atoms with Crippen LogP contribution >= 0.6 is 0 Å². The van der Waals surface area contributed by atoms with Gasteiger partial charge in [0, 0.05) is 14.1 Å². The topological polar surface area (TPSA) is 95.9 Å². The van der Waals surface area contributed by atoms with E-state index in [1.165, 1.54) is 19.0 Å². The molecular weight excluding hydrogens is 240 g/mol. The molecule has 0 unspecified atom stereocenters. The van der Waals surface area contributed by atoms with Crippen LogP contribution in [0.4, 0.5) is 4.79 Å². The maximum Gasteiger partial charge on any atom is 0.408 e. The van der Waals surface area contributed by atoms with E-state index in [4.69, 9.17) is 9.84 Å². The summed E-state index contributed by atoms with van der Waals surface area (Å²) in [6.45, 7) is 4.98. The third kappa shape index (κ3) is 6.72. The van der Waals surface area contributed by atoms with E-state index in [1.54, 1.807) is 20.8 Å². The highest BCUT2D eigenvalue weighted by atomic mass is 16.6. The summed E-state index contributed by atoms with van der Waals surface area (Å²) < 4.78 is 4.92. The molecule has 2 amide bonds. The van der Waals surface area contributed by atoms with Gasteiger partial charge in [-0.15, -0.1) is 0 Å². The Balaban J connectivity index is 4.51. The molecular formula is C11H20N2O5. The minimum absolute atomic E-state index is 0.318. The van der Waals surface area contributed by atoms with E-state index in [2.05, 4.69) is 5.32 Å². The summed E-state index contributed by atoms with van der Waals surface area (Å²) in [5.74, 6) is -1.67. The summed E-state index contributed by atoms with van der Waals surface area (Å²) in [6, 6.07) is -1.30. The lowest BCUT2D eigenvalue weighted by molar-refractivity contribution is -0.142. The van der Waals surface area contributed by atoms with Gasteiger partial charge in [0.1, 0.15) is 11.6 Å². The molecule has 0 rings (SSSR count). The van der Waals surface area contributed by atoms with Gasteiger partial charge in [0.25, 0.3) is 0 Å². The molecule has 0 aliphatic carbocycles. The second kappa shape index (κ2) is 6.23. The Labute approximate surface area is 106 Å². The van der Waals surface area contributed by atoms with E-state index in [-0.39, 0.29) is 6.42 Å². The molecule has 0 fully saturated rings. The van der Waals surface area contributed by atoms with Crippen LogP contribution in [0.1, 0.15) is 27.2 Å². The van der Waals surface area contributed by atoms with Crippen molar-refractivity contribution < 1.29 is 24.2 Å². The van der Waals surface area contributed by atoms with Crippen molar-refractivity contribution in [3.8, 4) is 0 Å². The predicted molar refractivity (Wildman–Crippen MR) is 64.1 cm³/mol. The van der Waals surface area contributed by atoms with Crippen molar-refractivity contribution >= 4 is 18.0 Å². The number of carboxylic acids is 1. The van der Waals surface area contributed by atoms with Crippen molar-refractivity contribution in [2.24, 2.45) is 0 Å². The Kier molecular flexibility index (Phi) is 5.61. The lowest BCUT2D eigenvalue weighted by Gasteiger charge is -2.22. The number of rotatable bonds is 4. The van der Waals surface area contributed by atoms with Crippen molar-refractivity contribution in [3.05, 3.63) is 0 Å². The molecule has 0 aromatic carbocycles. The highest BCUT2D eigenvalue weighted by Gasteiger charge is 2.26. The number of nitrogens with zero attached hydrogens (tertiary/aromatic N) is 1. The summed E-state index contributed by atoms with van der Waals surface area (Å²) in [5.41, 5.74) is -0.724. The minimum Gasteiger partial charge on any atom is -0.480 e. The minimum atomic E-state index is -1.30. The lowest BCUT2D eigenvalue weighted by atomic mass is 10.2. The maximum absolute atomic E-state index is 11.4. The highest BCUT2D eigenvalue weighted by molar-refractivity contribution is 5.87. The molecule has 104 valence electrons. The monoisotopic (exact) mass is 260 g/mol. The average molecular weight is 260 g/mol. The van der Waals surface area contributed by atoms with Gasteiger partial charge in [-0.05, 0) is 20.8 Å². The van der Waals surface area contributed by atoms with Crippen LogP contribution < -0.4 is 5.32 Å². The maximum atomic E-state index is 11.4. The summed E-state index contributed by atoms with van der Waals surface area (Å²) in [6.07, 6.45) is -1.18. The number of carbonyl (C=O) groups is 3. The quantitative estimate of drug-likeness (QED) is 0.764. The van der Waals surface area contributed by atoms with Crippen LogP contribution in [-0.2, 0) is 14.3 Å². The zero-order valence-corrected chi connectivity index (χ0v) is 11.3. The van der Waals surface area contributed by atoms with Crippen LogP contribution in [0.25, 0.3) is 0 Å². The molecule has 0 spiro atoms. The van der Waals surface area contributed by atoms with Crippen molar-refractivity contribution in [3.63, 3.8) is 0 Å². The normalized spacial score (nSPS) is 12.5. The van der Waals surface area contributed by atoms with E-state index in [0.29, 0.717) is 0 Å². The molecule has 18 heavy (non-hydrogen) atoms. The molecule has 2 N–H and O–H groups in total. The van der Waals surface area contributed by atoms with Gasteiger partial charge in [0.05, 0.1) is 6.42 Å². The van der Waals surface area contributed by atoms with Gasteiger partial charge in [-0.1, -0.05) is 0 Å². The summed E-state index contributed by atoms with van der Waals surface area (Å²) in [7, 11) is 3.02. The Morgan fingerprint density at radius 2 is 1.78 bits per heavy atom. The summed E-state index contributed by atoms with van der Waals surface area (Å²) in [4.78, 5) is 35.0. The number of hydrogen-bond acceptors (Lipinski definition) is 4. The number of hydrogen-bond donors (Lipinski definition) is 2. The molecule has 0 aliphatic rings. The third-order valence-corrected chi connectivity index (χ3v) is 1.87.